The van der Waals surface area contributed by atoms with Crippen molar-refractivity contribution in [3.8, 4) is 0 Å². The fourth-order valence-electron chi connectivity index (χ4n) is 7.66. The van der Waals surface area contributed by atoms with Gasteiger partial charge in [-0.15, -0.1) is 0 Å². The largest absolute Gasteiger partial charge is 0.481 e. The molecule has 6 amide bonds. The summed E-state index contributed by atoms with van der Waals surface area (Å²) in [6.07, 6.45) is 2.17. The standard InChI is InChI=1S/C47H62N12O13S/c1-73-18-16-35(55-41(67)30(48)19-25-22-52-31-9-4-2-7-28(25)31)44(70)57-34(13-15-39(63)64)43(69)58-36(20-26-23-53-32-10-5-3-8-29(26)32)45(71)59-37(21-40(65)66)46(72)56-33(11-6-17-51-47(49)50)42(68)54-27(24-60)12-14-38(61)62/h2-5,7-10,22-24,27,30,33-37,52-53H,6,11-21,48H2,1H3,(H,54,68)(H,55,67)(H,56,72)(H,57,70)(H,58,69)(H,59,71)(H,61,62)(H,63,64)(H,65,66)(H4,49,50,51)/t27-,30-,33-,34-,35-,36-,37-/m0/s1. The number of aldehydes is 1. The molecule has 0 saturated heterocycles. The molecule has 0 fully saturated rings. The average Bonchev–Trinajstić information content (AvgIpc) is 3.96. The highest BCUT2D eigenvalue weighted by Gasteiger charge is 2.35. The number of aliphatic imine (C=N–C) groups is 1. The Morgan fingerprint density at radius 3 is 1.62 bits per heavy atom. The van der Waals surface area contributed by atoms with Crippen LogP contribution < -0.4 is 49.1 Å². The van der Waals surface area contributed by atoms with E-state index in [2.05, 4.69) is 46.9 Å². The third-order valence-electron chi connectivity index (χ3n) is 11.5. The molecule has 73 heavy (non-hydrogen) atoms. The molecule has 0 radical (unpaired) electrons. The summed E-state index contributed by atoms with van der Waals surface area (Å²) < 4.78 is 0. The third-order valence-corrected chi connectivity index (χ3v) is 12.1. The minimum absolute atomic E-state index is 0.0235. The minimum atomic E-state index is -1.92. The van der Waals surface area contributed by atoms with Crippen LogP contribution in [0.2, 0.25) is 0 Å². The van der Waals surface area contributed by atoms with E-state index in [-0.39, 0.29) is 51.0 Å². The fourth-order valence-corrected chi connectivity index (χ4v) is 8.13. The number of carboxylic acids is 3. The normalized spacial score (nSPS) is 13.9. The molecule has 4 rings (SSSR count). The van der Waals surface area contributed by atoms with Gasteiger partial charge in [-0.1, -0.05) is 36.4 Å². The Bertz CT molecular complexity index is 2630. The van der Waals surface area contributed by atoms with E-state index in [4.69, 9.17) is 22.3 Å². The van der Waals surface area contributed by atoms with Gasteiger partial charge < -0.3 is 79.2 Å². The lowest BCUT2D eigenvalue weighted by Gasteiger charge is -2.27. The van der Waals surface area contributed by atoms with E-state index in [0.29, 0.717) is 28.5 Å². The molecular formula is C47H62N12O13S. The number of nitrogens with one attached hydrogen (secondary N) is 8. The van der Waals surface area contributed by atoms with Gasteiger partial charge in [0.2, 0.25) is 35.4 Å². The van der Waals surface area contributed by atoms with Gasteiger partial charge in [-0.2, -0.15) is 11.8 Å². The highest BCUT2D eigenvalue weighted by atomic mass is 32.2. The van der Waals surface area contributed by atoms with E-state index in [9.17, 15) is 58.2 Å². The number of aromatic amines is 2. The van der Waals surface area contributed by atoms with Crippen LogP contribution in [0, 0.1) is 0 Å². The van der Waals surface area contributed by atoms with Gasteiger partial charge in [0.15, 0.2) is 5.96 Å². The second kappa shape index (κ2) is 28.7. The summed E-state index contributed by atoms with van der Waals surface area (Å²) in [6.45, 7) is -0.0235. The van der Waals surface area contributed by atoms with E-state index >= 15 is 0 Å². The van der Waals surface area contributed by atoms with Crippen LogP contribution in [0.1, 0.15) is 62.5 Å². The Hall–Kier alpha value is -8.00. The molecule has 26 heteroatoms. The topological polar surface area (TPSA) is 426 Å². The van der Waals surface area contributed by atoms with Gasteiger partial charge in [0.1, 0.15) is 36.5 Å². The van der Waals surface area contributed by atoms with Crippen LogP contribution in [-0.2, 0) is 60.8 Å². The smallest absolute Gasteiger partial charge is 0.305 e. The molecule has 2 aromatic heterocycles. The van der Waals surface area contributed by atoms with Crippen molar-refractivity contribution in [2.45, 2.75) is 107 Å². The molecule has 0 bridgehead atoms. The number of guanidine groups is 1. The number of aliphatic carboxylic acids is 3. The van der Waals surface area contributed by atoms with Crippen LogP contribution in [-0.4, -0.2) is 152 Å². The predicted octanol–water partition coefficient (Wildman–Crippen LogP) is -1.12. The second-order valence-corrected chi connectivity index (χ2v) is 18.0. The molecule has 2 aromatic carbocycles. The molecular weight excluding hydrogens is 973 g/mol. The number of carbonyl (C=O) groups excluding carboxylic acids is 7. The van der Waals surface area contributed by atoms with Gasteiger partial charge in [-0.05, 0) is 73.8 Å². The number of benzene rings is 2. The number of rotatable bonds is 32. The lowest BCUT2D eigenvalue weighted by Crippen LogP contribution is -2.60. The molecule has 4 aromatic rings. The molecule has 17 N–H and O–H groups in total. The number of nitrogens with zero attached hydrogens (tertiary/aromatic N) is 1. The average molecular weight is 1040 g/mol. The first-order valence-electron chi connectivity index (χ1n) is 23.1. The maximum atomic E-state index is 14.4. The molecule has 7 atom stereocenters. The molecule has 25 nitrogen and oxygen atoms in total. The molecule has 394 valence electrons. The van der Waals surface area contributed by atoms with Crippen LogP contribution in [0.5, 0.6) is 0 Å². The first kappa shape index (κ1) is 57.6. The molecule has 2 heterocycles. The summed E-state index contributed by atoms with van der Waals surface area (Å²) in [5.41, 5.74) is 19.8. The first-order chi connectivity index (χ1) is 34.8. The Morgan fingerprint density at radius 1 is 0.603 bits per heavy atom. The second-order valence-electron chi connectivity index (χ2n) is 17.0. The maximum absolute atomic E-state index is 14.4. The van der Waals surface area contributed by atoms with Crippen molar-refractivity contribution < 1.29 is 63.3 Å². The lowest BCUT2D eigenvalue weighted by molar-refractivity contribution is -0.142. The minimum Gasteiger partial charge on any atom is -0.481 e. The number of aromatic nitrogens is 2. The number of hydrogen-bond acceptors (Lipinski definition) is 13. The quantitative estimate of drug-likeness (QED) is 0.0119. The van der Waals surface area contributed by atoms with Crippen molar-refractivity contribution in [3.63, 3.8) is 0 Å². The van der Waals surface area contributed by atoms with Crippen molar-refractivity contribution in [1.29, 1.82) is 0 Å². The van der Waals surface area contributed by atoms with Gasteiger partial charge in [0.05, 0.1) is 18.5 Å². The highest BCUT2D eigenvalue weighted by Crippen LogP contribution is 2.21. The zero-order valence-corrected chi connectivity index (χ0v) is 40.7. The number of carbonyl (C=O) groups is 10. The van der Waals surface area contributed by atoms with Gasteiger partial charge in [-0.25, -0.2) is 0 Å². The number of hydrogen-bond donors (Lipinski definition) is 14. The predicted molar refractivity (Wildman–Crippen MR) is 269 cm³/mol. The van der Waals surface area contributed by atoms with Crippen molar-refractivity contribution in [2.75, 3.05) is 18.6 Å². The molecule has 0 aliphatic rings. The van der Waals surface area contributed by atoms with E-state index in [1.165, 1.54) is 11.8 Å². The van der Waals surface area contributed by atoms with Crippen molar-refractivity contribution in [1.82, 2.24) is 41.9 Å². The van der Waals surface area contributed by atoms with E-state index in [1.54, 1.807) is 42.9 Å². The first-order valence-corrected chi connectivity index (χ1v) is 24.5. The van der Waals surface area contributed by atoms with Gasteiger partial charge >= 0.3 is 17.9 Å². The van der Waals surface area contributed by atoms with Crippen molar-refractivity contribution in [3.05, 3.63) is 72.1 Å². The summed E-state index contributed by atoms with van der Waals surface area (Å²) in [4.78, 5) is 140. The lowest BCUT2D eigenvalue weighted by atomic mass is 10.0. The summed E-state index contributed by atoms with van der Waals surface area (Å²) in [7, 11) is 0. The zero-order chi connectivity index (χ0) is 53.6. The Labute approximate surface area is 422 Å². The molecule has 0 spiro atoms. The van der Waals surface area contributed by atoms with Crippen LogP contribution in [0.3, 0.4) is 0 Å². The van der Waals surface area contributed by atoms with Gasteiger partial charge in [-0.3, -0.25) is 48.1 Å². The van der Waals surface area contributed by atoms with E-state index in [0.717, 1.165) is 16.5 Å². The molecule has 0 unspecified atom stereocenters. The number of para-hydroxylation sites is 2. The number of amides is 6. The number of thioether (sulfide) groups is 1. The Kier molecular flexibility index (Phi) is 22.7. The highest BCUT2D eigenvalue weighted by molar-refractivity contribution is 7.98. The number of fused-ring (bicyclic) bond motifs is 2. The summed E-state index contributed by atoms with van der Waals surface area (Å²) in [6, 6.07) is 4.02. The third kappa shape index (κ3) is 18.6. The van der Waals surface area contributed by atoms with Crippen molar-refractivity contribution in [2.24, 2.45) is 22.2 Å². The van der Waals surface area contributed by atoms with E-state index < -0.39 is 121 Å². The summed E-state index contributed by atoms with van der Waals surface area (Å²) in [5, 5.41) is 44.9. The summed E-state index contributed by atoms with van der Waals surface area (Å²) in [5.74, 6) is -9.88. The van der Waals surface area contributed by atoms with Crippen molar-refractivity contribution >= 4 is 99.2 Å². The van der Waals surface area contributed by atoms with Crippen LogP contribution in [0.4, 0.5) is 0 Å². The Balaban J connectivity index is 1.61. The SMILES string of the molecule is CSCC[C@H](NC(=O)[C@@H](N)Cc1c[nH]c2ccccc12)C(=O)N[C@@H](CCC(=O)O)C(=O)N[C@@H](Cc1c[nH]c2ccccc12)C(=O)N[C@@H](CC(=O)O)C(=O)N[C@@H](CCCN=C(N)N)C(=O)N[C@H](C=O)CCC(=O)O. The number of H-pyrrole nitrogens is 2. The molecule has 0 aliphatic carbocycles. The van der Waals surface area contributed by atoms with Crippen LogP contribution >= 0.6 is 11.8 Å². The van der Waals surface area contributed by atoms with Crippen LogP contribution in [0.25, 0.3) is 21.8 Å². The van der Waals surface area contributed by atoms with E-state index in [1.807, 2.05) is 24.3 Å². The van der Waals surface area contributed by atoms with Gasteiger partial charge in [0, 0.05) is 60.0 Å². The Morgan fingerprint density at radius 2 is 1.07 bits per heavy atom. The number of carboxylic acid groups (broad SMARTS) is 3. The summed E-state index contributed by atoms with van der Waals surface area (Å²) >= 11 is 1.37. The molecule has 0 saturated carbocycles. The number of nitrogens with two attached hydrogens (primary N) is 3. The fraction of sp³-hybridized carbons (Fsp3) is 0.426. The molecule has 0 aliphatic heterocycles. The maximum Gasteiger partial charge on any atom is 0.305 e. The monoisotopic (exact) mass is 1030 g/mol. The van der Waals surface area contributed by atoms with Gasteiger partial charge in [0.25, 0.3) is 0 Å². The van der Waals surface area contributed by atoms with Crippen LogP contribution in [0.15, 0.2) is 65.9 Å². The zero-order valence-electron chi connectivity index (χ0n) is 39.9.